The third-order valence-electron chi connectivity index (χ3n) is 2.74. The van der Waals surface area contributed by atoms with Gasteiger partial charge < -0.3 is 15.4 Å². The van der Waals surface area contributed by atoms with Gasteiger partial charge in [0.1, 0.15) is 0 Å². The SMILES string of the molecule is COCCCNC(=S)Nc1cccc2ccncc12. The number of thiocarbonyl (C=S) groups is 1. The Morgan fingerprint density at radius 2 is 2.26 bits per heavy atom. The zero-order valence-electron chi connectivity index (χ0n) is 10.8. The van der Waals surface area contributed by atoms with Crippen LogP contribution < -0.4 is 10.6 Å². The van der Waals surface area contributed by atoms with Gasteiger partial charge in [-0.1, -0.05) is 12.1 Å². The van der Waals surface area contributed by atoms with Crippen LogP contribution >= 0.6 is 12.2 Å². The Balaban J connectivity index is 1.99. The fraction of sp³-hybridized carbons (Fsp3) is 0.286. The fourth-order valence-electron chi connectivity index (χ4n) is 1.81. The average Bonchev–Trinajstić information content (AvgIpc) is 2.44. The van der Waals surface area contributed by atoms with Gasteiger partial charge in [0.05, 0.1) is 0 Å². The largest absolute Gasteiger partial charge is 0.385 e. The normalized spacial score (nSPS) is 10.4. The van der Waals surface area contributed by atoms with E-state index in [1.54, 1.807) is 13.3 Å². The number of rotatable bonds is 5. The minimum atomic E-state index is 0.618. The number of aromatic nitrogens is 1. The van der Waals surface area contributed by atoms with Crippen molar-refractivity contribution in [2.24, 2.45) is 0 Å². The number of hydrogen-bond donors (Lipinski definition) is 2. The van der Waals surface area contributed by atoms with Gasteiger partial charge >= 0.3 is 0 Å². The summed E-state index contributed by atoms with van der Waals surface area (Å²) in [5.41, 5.74) is 0.967. The molecule has 0 saturated carbocycles. The molecule has 0 saturated heterocycles. The minimum absolute atomic E-state index is 0.618. The molecule has 1 aromatic heterocycles. The lowest BCUT2D eigenvalue weighted by atomic mass is 10.1. The molecular formula is C14H17N3OS. The Morgan fingerprint density at radius 1 is 1.37 bits per heavy atom. The van der Waals surface area contributed by atoms with Crippen LogP contribution in [-0.4, -0.2) is 30.4 Å². The van der Waals surface area contributed by atoms with Crippen molar-refractivity contribution >= 4 is 33.8 Å². The van der Waals surface area contributed by atoms with Crippen molar-refractivity contribution in [2.45, 2.75) is 6.42 Å². The number of ether oxygens (including phenoxy) is 1. The van der Waals surface area contributed by atoms with Crippen molar-refractivity contribution in [1.82, 2.24) is 10.3 Å². The van der Waals surface area contributed by atoms with Crippen molar-refractivity contribution in [2.75, 3.05) is 25.6 Å². The summed E-state index contributed by atoms with van der Waals surface area (Å²) < 4.78 is 4.99. The van der Waals surface area contributed by atoms with Gasteiger partial charge in [-0.3, -0.25) is 4.98 Å². The van der Waals surface area contributed by atoms with Gasteiger partial charge in [0, 0.05) is 43.7 Å². The van der Waals surface area contributed by atoms with E-state index in [4.69, 9.17) is 17.0 Å². The lowest BCUT2D eigenvalue weighted by Crippen LogP contribution is -2.29. The predicted octanol–water partition coefficient (Wildman–Crippen LogP) is 2.56. The highest BCUT2D eigenvalue weighted by molar-refractivity contribution is 7.80. The van der Waals surface area contributed by atoms with Gasteiger partial charge in [-0.2, -0.15) is 0 Å². The molecule has 19 heavy (non-hydrogen) atoms. The molecule has 0 amide bonds. The average molecular weight is 275 g/mol. The first kappa shape index (κ1) is 13.7. The molecule has 0 radical (unpaired) electrons. The van der Waals surface area contributed by atoms with Crippen LogP contribution in [0.4, 0.5) is 5.69 Å². The van der Waals surface area contributed by atoms with E-state index in [1.807, 2.05) is 24.4 Å². The Labute approximate surface area is 118 Å². The molecule has 100 valence electrons. The number of nitrogens with one attached hydrogen (secondary N) is 2. The van der Waals surface area contributed by atoms with E-state index < -0.39 is 0 Å². The molecule has 0 fully saturated rings. The van der Waals surface area contributed by atoms with Gasteiger partial charge in [-0.25, -0.2) is 0 Å². The molecule has 0 aliphatic carbocycles. The first-order chi connectivity index (χ1) is 9.31. The van der Waals surface area contributed by atoms with E-state index in [1.165, 1.54) is 0 Å². The molecular weight excluding hydrogens is 258 g/mol. The van der Waals surface area contributed by atoms with Crippen molar-refractivity contribution in [3.63, 3.8) is 0 Å². The molecule has 2 rings (SSSR count). The molecule has 0 aliphatic rings. The molecule has 1 aromatic carbocycles. The summed E-state index contributed by atoms with van der Waals surface area (Å²) in [4.78, 5) is 4.15. The second-order valence-electron chi connectivity index (χ2n) is 4.13. The molecule has 0 atom stereocenters. The highest BCUT2D eigenvalue weighted by Crippen LogP contribution is 2.21. The molecule has 0 bridgehead atoms. The highest BCUT2D eigenvalue weighted by atomic mass is 32.1. The summed E-state index contributed by atoms with van der Waals surface area (Å²) in [6.07, 6.45) is 4.55. The predicted molar refractivity (Wildman–Crippen MR) is 82.5 cm³/mol. The van der Waals surface area contributed by atoms with Crippen molar-refractivity contribution < 1.29 is 4.74 Å². The molecule has 2 N–H and O–H groups in total. The van der Waals surface area contributed by atoms with Crippen LogP contribution in [0.5, 0.6) is 0 Å². The van der Waals surface area contributed by atoms with Crippen LogP contribution in [0, 0.1) is 0 Å². The van der Waals surface area contributed by atoms with Crippen molar-refractivity contribution in [3.8, 4) is 0 Å². The molecule has 4 nitrogen and oxygen atoms in total. The van der Waals surface area contributed by atoms with E-state index in [2.05, 4.69) is 21.7 Å². The summed E-state index contributed by atoms with van der Waals surface area (Å²) in [5, 5.41) is 9.17. The van der Waals surface area contributed by atoms with E-state index in [-0.39, 0.29) is 0 Å². The molecule has 2 aromatic rings. The number of nitrogens with zero attached hydrogens (tertiary/aromatic N) is 1. The third kappa shape index (κ3) is 3.87. The fourth-order valence-corrected chi connectivity index (χ4v) is 2.02. The maximum atomic E-state index is 5.27. The molecule has 5 heteroatoms. The number of anilines is 1. The Kier molecular flexibility index (Phi) is 5.06. The van der Waals surface area contributed by atoms with Crippen LogP contribution in [0.3, 0.4) is 0 Å². The zero-order valence-corrected chi connectivity index (χ0v) is 11.7. The van der Waals surface area contributed by atoms with E-state index in [0.29, 0.717) is 5.11 Å². The van der Waals surface area contributed by atoms with E-state index >= 15 is 0 Å². The van der Waals surface area contributed by atoms with Crippen molar-refractivity contribution in [3.05, 3.63) is 36.7 Å². The van der Waals surface area contributed by atoms with Gasteiger partial charge in [0.2, 0.25) is 0 Å². The van der Waals surface area contributed by atoms with E-state index in [9.17, 15) is 0 Å². The van der Waals surface area contributed by atoms with Gasteiger partial charge in [-0.05, 0) is 36.2 Å². The van der Waals surface area contributed by atoms with Crippen molar-refractivity contribution in [1.29, 1.82) is 0 Å². The highest BCUT2D eigenvalue weighted by Gasteiger charge is 2.02. The minimum Gasteiger partial charge on any atom is -0.385 e. The quantitative estimate of drug-likeness (QED) is 0.648. The number of methoxy groups -OCH3 is 1. The molecule has 0 unspecified atom stereocenters. The summed E-state index contributed by atoms with van der Waals surface area (Å²) in [5.74, 6) is 0. The van der Waals surface area contributed by atoms with Gasteiger partial charge in [0.15, 0.2) is 5.11 Å². The first-order valence-corrected chi connectivity index (χ1v) is 6.58. The van der Waals surface area contributed by atoms with Crippen LogP contribution in [0.25, 0.3) is 10.8 Å². The number of pyridine rings is 1. The Bertz CT molecular complexity index is 554. The van der Waals surface area contributed by atoms with Crippen LogP contribution in [0.2, 0.25) is 0 Å². The molecule has 0 aliphatic heterocycles. The van der Waals surface area contributed by atoms with Crippen LogP contribution in [0.1, 0.15) is 6.42 Å². The topological polar surface area (TPSA) is 46.2 Å². The van der Waals surface area contributed by atoms with E-state index in [0.717, 1.165) is 36.0 Å². The first-order valence-electron chi connectivity index (χ1n) is 6.18. The summed E-state index contributed by atoms with van der Waals surface area (Å²) >= 11 is 5.27. The summed E-state index contributed by atoms with van der Waals surface area (Å²) in [7, 11) is 1.69. The summed E-state index contributed by atoms with van der Waals surface area (Å²) in [6, 6.07) is 8.03. The Hall–Kier alpha value is -1.72. The molecule has 1 heterocycles. The zero-order chi connectivity index (χ0) is 13.5. The lowest BCUT2D eigenvalue weighted by molar-refractivity contribution is 0.196. The number of benzene rings is 1. The van der Waals surface area contributed by atoms with Crippen LogP contribution in [0.15, 0.2) is 36.7 Å². The van der Waals surface area contributed by atoms with Gasteiger partial charge in [0.25, 0.3) is 0 Å². The van der Waals surface area contributed by atoms with Crippen LogP contribution in [-0.2, 0) is 4.74 Å². The number of fused-ring (bicyclic) bond motifs is 1. The lowest BCUT2D eigenvalue weighted by Gasteiger charge is -2.12. The standard InChI is InChI=1S/C14H17N3OS/c1-18-9-3-7-16-14(19)17-13-5-2-4-11-6-8-15-10-12(11)13/h2,4-6,8,10H,3,7,9H2,1H3,(H2,16,17,19). The maximum absolute atomic E-state index is 5.27. The van der Waals surface area contributed by atoms with Gasteiger partial charge in [-0.15, -0.1) is 0 Å². The Morgan fingerprint density at radius 3 is 3.11 bits per heavy atom. The second kappa shape index (κ2) is 7.01. The molecule has 0 spiro atoms. The third-order valence-corrected chi connectivity index (χ3v) is 2.99. The number of hydrogen-bond acceptors (Lipinski definition) is 3. The maximum Gasteiger partial charge on any atom is 0.170 e. The monoisotopic (exact) mass is 275 g/mol. The smallest absolute Gasteiger partial charge is 0.170 e. The summed E-state index contributed by atoms with van der Waals surface area (Å²) in [6.45, 7) is 1.52. The second-order valence-corrected chi connectivity index (χ2v) is 4.54.